The largest absolute Gasteiger partial charge is 0.467 e. The predicted molar refractivity (Wildman–Crippen MR) is 73.1 cm³/mol. The lowest BCUT2D eigenvalue weighted by Gasteiger charge is -2.31. The fourth-order valence-corrected chi connectivity index (χ4v) is 2.62. The Morgan fingerprint density at radius 3 is 2.60 bits per heavy atom. The van der Waals surface area contributed by atoms with Crippen molar-refractivity contribution in [3.8, 4) is 0 Å². The van der Waals surface area contributed by atoms with Crippen LogP contribution in [0.4, 0.5) is 0 Å². The Morgan fingerprint density at radius 1 is 1.40 bits per heavy atom. The Hall–Kier alpha value is -1.47. The lowest BCUT2D eigenvalue weighted by atomic mass is 10.1. The summed E-state index contributed by atoms with van der Waals surface area (Å²) in [5.74, 6) is -0.604. The van der Waals surface area contributed by atoms with Crippen LogP contribution in [0, 0.1) is 0 Å². The smallest absolute Gasteiger partial charge is 0.328 e. The van der Waals surface area contributed by atoms with Crippen molar-refractivity contribution in [2.75, 3.05) is 27.7 Å². The molecule has 1 unspecified atom stereocenters. The zero-order chi connectivity index (χ0) is 15.1. The topological polar surface area (TPSA) is 87.7 Å². The molecular formula is C13H23N3O4. The van der Waals surface area contributed by atoms with Gasteiger partial charge in [-0.25, -0.2) is 4.79 Å². The molecule has 0 aromatic carbocycles. The van der Waals surface area contributed by atoms with Crippen LogP contribution in [0.5, 0.6) is 0 Å². The molecule has 1 amide bonds. The van der Waals surface area contributed by atoms with Crippen LogP contribution in [0.3, 0.4) is 0 Å². The zero-order valence-electron chi connectivity index (χ0n) is 12.2. The number of rotatable bonds is 7. The fourth-order valence-electron chi connectivity index (χ4n) is 2.62. The summed E-state index contributed by atoms with van der Waals surface area (Å²) in [6.07, 6.45) is 2.21. The summed E-state index contributed by atoms with van der Waals surface area (Å²) in [4.78, 5) is 36.7. The predicted octanol–water partition coefficient (Wildman–Crippen LogP) is -1.08. The molecule has 0 bridgehead atoms. The first kappa shape index (κ1) is 16.6. The van der Waals surface area contributed by atoms with E-state index in [0.29, 0.717) is 19.4 Å². The van der Waals surface area contributed by atoms with Crippen LogP contribution < -0.4 is 10.6 Å². The molecular weight excluding hydrogens is 262 g/mol. The van der Waals surface area contributed by atoms with E-state index in [1.165, 1.54) is 12.0 Å². The number of hydrogen-bond donors (Lipinski definition) is 2. The Labute approximate surface area is 119 Å². The van der Waals surface area contributed by atoms with E-state index in [2.05, 4.69) is 10.6 Å². The van der Waals surface area contributed by atoms with Crippen LogP contribution in [0.25, 0.3) is 0 Å². The van der Waals surface area contributed by atoms with Gasteiger partial charge in [-0.1, -0.05) is 0 Å². The maximum Gasteiger partial charge on any atom is 0.328 e. The van der Waals surface area contributed by atoms with Crippen LogP contribution in [-0.2, 0) is 19.1 Å². The molecule has 1 aliphatic rings. The van der Waals surface area contributed by atoms with Crippen molar-refractivity contribution < 1.29 is 19.1 Å². The van der Waals surface area contributed by atoms with E-state index in [4.69, 9.17) is 4.74 Å². The van der Waals surface area contributed by atoms with Gasteiger partial charge < -0.3 is 25.1 Å². The highest BCUT2D eigenvalue weighted by atomic mass is 16.5. The summed E-state index contributed by atoms with van der Waals surface area (Å²) in [6.45, 7) is 0.452. The number of carbonyl (C=O) groups is 3. The van der Waals surface area contributed by atoms with Gasteiger partial charge in [0.05, 0.1) is 13.2 Å². The third-order valence-corrected chi connectivity index (χ3v) is 3.65. The van der Waals surface area contributed by atoms with Gasteiger partial charge in [0.2, 0.25) is 5.91 Å². The first-order chi connectivity index (χ1) is 9.60. The molecule has 20 heavy (non-hydrogen) atoms. The van der Waals surface area contributed by atoms with Crippen molar-refractivity contribution in [2.45, 2.75) is 37.4 Å². The summed E-state index contributed by atoms with van der Waals surface area (Å²) in [6, 6.07) is -1.25. The first-order valence-corrected chi connectivity index (χ1v) is 6.76. The molecule has 1 fully saturated rings. The Balaban J connectivity index is 2.93. The van der Waals surface area contributed by atoms with Gasteiger partial charge in [-0.05, 0) is 26.9 Å². The van der Waals surface area contributed by atoms with E-state index < -0.39 is 18.1 Å². The molecule has 1 aliphatic heterocycles. The minimum absolute atomic E-state index is 0.179. The van der Waals surface area contributed by atoms with Crippen molar-refractivity contribution in [3.05, 3.63) is 0 Å². The third-order valence-electron chi connectivity index (χ3n) is 3.65. The van der Waals surface area contributed by atoms with Gasteiger partial charge in [-0.2, -0.15) is 0 Å². The zero-order valence-corrected chi connectivity index (χ0v) is 12.2. The summed E-state index contributed by atoms with van der Waals surface area (Å²) in [5, 5.41) is 5.86. The second kappa shape index (κ2) is 7.96. The number of nitrogens with one attached hydrogen (secondary N) is 2. The number of nitrogens with zero attached hydrogens (tertiary/aromatic N) is 1. The highest BCUT2D eigenvalue weighted by Gasteiger charge is 2.42. The van der Waals surface area contributed by atoms with Crippen LogP contribution in [0.15, 0.2) is 0 Å². The molecule has 0 aromatic rings. The van der Waals surface area contributed by atoms with Crippen molar-refractivity contribution >= 4 is 18.2 Å². The minimum atomic E-state index is -0.592. The van der Waals surface area contributed by atoms with Gasteiger partial charge in [0.15, 0.2) is 0 Å². The molecule has 0 spiro atoms. The SMILES string of the molecule is CNC[C@H](NC)C(=O)N1C(CC=O)CC[C@H]1C(=O)OC. The minimum Gasteiger partial charge on any atom is -0.467 e. The summed E-state index contributed by atoms with van der Waals surface area (Å²) in [7, 11) is 4.75. The standard InChI is InChI=1S/C13H23N3O4/c1-14-8-10(15-2)12(18)16-9(6-7-17)4-5-11(16)13(19)20-3/h7,9-11,14-15H,4-6,8H2,1-3H3/t9?,10-,11-/m0/s1. The number of esters is 1. The van der Waals surface area contributed by atoms with Gasteiger partial charge in [0.1, 0.15) is 12.3 Å². The average molecular weight is 285 g/mol. The highest BCUT2D eigenvalue weighted by molar-refractivity contribution is 5.89. The van der Waals surface area contributed by atoms with E-state index in [1.807, 2.05) is 0 Å². The lowest BCUT2D eigenvalue weighted by molar-refractivity contribution is -0.153. The van der Waals surface area contributed by atoms with Crippen molar-refractivity contribution in [1.29, 1.82) is 0 Å². The summed E-state index contributed by atoms with van der Waals surface area (Å²) >= 11 is 0. The second-order valence-electron chi connectivity index (χ2n) is 4.82. The first-order valence-electron chi connectivity index (χ1n) is 6.76. The third kappa shape index (κ3) is 3.55. The van der Waals surface area contributed by atoms with Gasteiger partial charge in [-0.15, -0.1) is 0 Å². The van der Waals surface area contributed by atoms with Gasteiger partial charge in [0.25, 0.3) is 0 Å². The van der Waals surface area contributed by atoms with Crippen LogP contribution >= 0.6 is 0 Å². The Bertz CT molecular complexity index is 362. The number of carbonyl (C=O) groups excluding carboxylic acids is 3. The number of hydrogen-bond acceptors (Lipinski definition) is 6. The Kier molecular flexibility index (Phi) is 6.60. The normalized spacial score (nSPS) is 23.4. The monoisotopic (exact) mass is 285 g/mol. The van der Waals surface area contributed by atoms with E-state index in [9.17, 15) is 14.4 Å². The molecule has 1 rings (SSSR count). The molecule has 0 saturated carbocycles. The molecule has 1 saturated heterocycles. The van der Waals surface area contributed by atoms with Gasteiger partial charge in [-0.3, -0.25) is 4.79 Å². The van der Waals surface area contributed by atoms with Crippen LogP contribution in [0.2, 0.25) is 0 Å². The second-order valence-corrected chi connectivity index (χ2v) is 4.82. The van der Waals surface area contributed by atoms with E-state index in [0.717, 1.165) is 6.29 Å². The average Bonchev–Trinajstić information content (AvgIpc) is 2.87. The maximum atomic E-state index is 12.6. The quantitative estimate of drug-likeness (QED) is 0.457. The molecule has 0 radical (unpaired) electrons. The molecule has 3 atom stereocenters. The molecule has 0 aromatic heterocycles. The molecule has 1 heterocycles. The molecule has 0 aliphatic carbocycles. The van der Waals surface area contributed by atoms with Gasteiger partial charge >= 0.3 is 5.97 Å². The van der Waals surface area contributed by atoms with Crippen molar-refractivity contribution in [1.82, 2.24) is 15.5 Å². The molecule has 7 heteroatoms. The van der Waals surface area contributed by atoms with Crippen molar-refractivity contribution in [2.24, 2.45) is 0 Å². The molecule has 2 N–H and O–H groups in total. The number of aldehydes is 1. The summed E-state index contributed by atoms with van der Waals surface area (Å²) < 4.78 is 4.76. The molecule has 114 valence electrons. The van der Waals surface area contributed by atoms with E-state index >= 15 is 0 Å². The van der Waals surface area contributed by atoms with Crippen molar-refractivity contribution in [3.63, 3.8) is 0 Å². The van der Waals surface area contributed by atoms with Crippen LogP contribution in [0.1, 0.15) is 19.3 Å². The lowest BCUT2D eigenvalue weighted by Crippen LogP contribution is -2.55. The maximum absolute atomic E-state index is 12.6. The number of likely N-dealkylation sites (N-methyl/N-ethyl adjacent to an activating group) is 2. The van der Waals surface area contributed by atoms with Crippen LogP contribution in [-0.4, -0.2) is 68.9 Å². The fraction of sp³-hybridized carbons (Fsp3) is 0.769. The van der Waals surface area contributed by atoms with E-state index in [1.54, 1.807) is 14.1 Å². The molecule has 7 nitrogen and oxygen atoms in total. The highest BCUT2D eigenvalue weighted by Crippen LogP contribution is 2.27. The number of likely N-dealkylation sites (tertiary alicyclic amines) is 1. The number of methoxy groups -OCH3 is 1. The van der Waals surface area contributed by atoms with Gasteiger partial charge in [0, 0.05) is 19.0 Å². The number of amides is 1. The summed E-state index contributed by atoms with van der Waals surface area (Å²) in [5.41, 5.74) is 0. The number of ether oxygens (including phenoxy) is 1. The Morgan fingerprint density at radius 2 is 2.10 bits per heavy atom. The van der Waals surface area contributed by atoms with E-state index in [-0.39, 0.29) is 18.4 Å².